The van der Waals surface area contributed by atoms with Gasteiger partial charge in [0.15, 0.2) is 5.11 Å². The van der Waals surface area contributed by atoms with E-state index in [0.29, 0.717) is 11.7 Å². The van der Waals surface area contributed by atoms with Gasteiger partial charge in [-0.2, -0.15) is 0 Å². The van der Waals surface area contributed by atoms with E-state index in [9.17, 15) is 0 Å². The molecule has 0 saturated carbocycles. The van der Waals surface area contributed by atoms with Crippen LogP contribution in [0.25, 0.3) is 11.3 Å². The van der Waals surface area contributed by atoms with Crippen LogP contribution in [0.2, 0.25) is 0 Å². The minimum atomic E-state index is -0.195. The summed E-state index contributed by atoms with van der Waals surface area (Å²) in [5.74, 6) is 2.45. The number of furan rings is 1. The molecule has 0 amide bonds. The molecule has 172 valence electrons. The van der Waals surface area contributed by atoms with Gasteiger partial charge in [0.2, 0.25) is 0 Å². The fraction of sp³-hybridized carbons (Fsp3) is 0.185. The monoisotopic (exact) mass is 533 g/mol. The number of aromatic nitrogens is 1. The van der Waals surface area contributed by atoms with Crippen LogP contribution in [0.1, 0.15) is 36.0 Å². The van der Waals surface area contributed by atoms with Gasteiger partial charge in [0, 0.05) is 21.9 Å². The molecule has 1 aliphatic heterocycles. The molecule has 1 aliphatic rings. The summed E-state index contributed by atoms with van der Waals surface area (Å²) in [7, 11) is 0. The lowest BCUT2D eigenvalue weighted by atomic mass is 10.0. The zero-order valence-corrected chi connectivity index (χ0v) is 21.3. The maximum atomic E-state index is 6.44. The van der Waals surface area contributed by atoms with Crippen LogP contribution < -0.4 is 15.0 Å². The van der Waals surface area contributed by atoms with Crippen LogP contribution in [-0.4, -0.2) is 16.7 Å². The zero-order valence-electron chi connectivity index (χ0n) is 18.9. The van der Waals surface area contributed by atoms with Crippen molar-refractivity contribution in [1.82, 2.24) is 10.3 Å². The molecule has 5 nitrogen and oxygen atoms in total. The number of nitrogens with one attached hydrogen (secondary N) is 1. The quantitative estimate of drug-likeness (QED) is 0.269. The standard InChI is InChI=1S/C27H24BrN3O2S/c1-3-32-20-10-7-18(8-11-20)23-13-14-24(33-23)26-25(22-6-4-5-15-29-22)30-27(34)31(26)19-9-12-21(28)17(2)16-19/h4-16,25-26H,3H2,1-2H3,(H,30,34)/t25-,26-/m0/s1. The molecule has 0 spiro atoms. The minimum Gasteiger partial charge on any atom is -0.494 e. The SMILES string of the molecule is CCOc1ccc(-c2ccc([C@H]3[C@H](c4ccccn4)NC(=S)N3c3ccc(Br)c(C)c3)o2)cc1. The lowest BCUT2D eigenvalue weighted by Gasteiger charge is -2.26. The Kier molecular flexibility index (Phi) is 6.39. The minimum absolute atomic E-state index is 0.156. The molecule has 5 rings (SSSR count). The molecule has 2 aromatic carbocycles. The second-order valence-electron chi connectivity index (χ2n) is 8.09. The first-order valence-electron chi connectivity index (χ1n) is 11.1. The van der Waals surface area contributed by atoms with Crippen LogP contribution in [-0.2, 0) is 0 Å². The van der Waals surface area contributed by atoms with Crippen molar-refractivity contribution in [2.24, 2.45) is 0 Å². The van der Waals surface area contributed by atoms with E-state index < -0.39 is 0 Å². The maximum Gasteiger partial charge on any atom is 0.174 e. The van der Waals surface area contributed by atoms with E-state index in [1.807, 2.05) is 67.6 Å². The van der Waals surface area contributed by atoms with Crippen LogP contribution in [0.5, 0.6) is 5.75 Å². The summed E-state index contributed by atoms with van der Waals surface area (Å²) in [6.07, 6.45) is 1.80. The fourth-order valence-corrected chi connectivity index (χ4v) is 4.84. The Labute approximate surface area is 212 Å². The summed E-state index contributed by atoms with van der Waals surface area (Å²) >= 11 is 9.41. The molecule has 1 saturated heterocycles. The molecule has 1 N–H and O–H groups in total. The Morgan fingerprint density at radius 2 is 1.91 bits per heavy atom. The smallest absolute Gasteiger partial charge is 0.174 e. The third-order valence-corrected chi connectivity index (χ3v) is 7.09. The number of hydrogen-bond donors (Lipinski definition) is 1. The van der Waals surface area contributed by atoms with Gasteiger partial charge < -0.3 is 19.4 Å². The first-order chi connectivity index (χ1) is 16.5. The molecular formula is C27H24BrN3O2S. The van der Waals surface area contributed by atoms with Crippen molar-refractivity contribution < 1.29 is 9.15 Å². The number of benzene rings is 2. The van der Waals surface area contributed by atoms with Crippen molar-refractivity contribution in [3.05, 3.63) is 100 Å². The van der Waals surface area contributed by atoms with Crippen molar-refractivity contribution in [2.75, 3.05) is 11.5 Å². The van der Waals surface area contributed by atoms with Crippen LogP contribution in [0.3, 0.4) is 0 Å². The van der Waals surface area contributed by atoms with Gasteiger partial charge in [0.05, 0.1) is 18.3 Å². The molecule has 0 bridgehead atoms. The van der Waals surface area contributed by atoms with Crippen molar-refractivity contribution in [1.29, 1.82) is 0 Å². The number of ether oxygens (including phenoxy) is 1. The summed E-state index contributed by atoms with van der Waals surface area (Å²) in [6.45, 7) is 4.69. The predicted molar refractivity (Wildman–Crippen MR) is 142 cm³/mol. The van der Waals surface area contributed by atoms with Gasteiger partial charge in [-0.05, 0) is 98.4 Å². The summed E-state index contributed by atoms with van der Waals surface area (Å²) in [6, 6.07) is 23.8. The van der Waals surface area contributed by atoms with Gasteiger partial charge >= 0.3 is 0 Å². The Hall–Kier alpha value is -3.16. The second kappa shape index (κ2) is 9.60. The Bertz CT molecular complexity index is 1310. The molecule has 0 aliphatic carbocycles. The van der Waals surface area contributed by atoms with Crippen molar-refractivity contribution >= 4 is 38.9 Å². The van der Waals surface area contributed by atoms with Gasteiger partial charge in [-0.15, -0.1) is 0 Å². The fourth-order valence-electron chi connectivity index (χ4n) is 4.25. The van der Waals surface area contributed by atoms with Crippen LogP contribution in [0.4, 0.5) is 5.69 Å². The molecular weight excluding hydrogens is 510 g/mol. The third-order valence-electron chi connectivity index (χ3n) is 5.89. The van der Waals surface area contributed by atoms with E-state index in [1.165, 1.54) is 0 Å². The van der Waals surface area contributed by atoms with Gasteiger partial charge in [-0.25, -0.2) is 0 Å². The molecule has 0 radical (unpaired) electrons. The van der Waals surface area contributed by atoms with E-state index >= 15 is 0 Å². The van der Waals surface area contributed by atoms with E-state index in [4.69, 9.17) is 21.4 Å². The number of hydrogen-bond acceptors (Lipinski definition) is 4. The second-order valence-corrected chi connectivity index (χ2v) is 9.33. The van der Waals surface area contributed by atoms with Crippen molar-refractivity contribution in [3.8, 4) is 17.1 Å². The molecule has 3 heterocycles. The highest BCUT2D eigenvalue weighted by atomic mass is 79.9. The normalized spacial score (nSPS) is 17.6. The van der Waals surface area contributed by atoms with E-state index in [1.54, 1.807) is 6.20 Å². The van der Waals surface area contributed by atoms with Crippen LogP contribution in [0.15, 0.2) is 87.9 Å². The van der Waals surface area contributed by atoms with Crippen LogP contribution in [0, 0.1) is 6.92 Å². The Balaban J connectivity index is 1.55. The Morgan fingerprint density at radius 3 is 2.62 bits per heavy atom. The summed E-state index contributed by atoms with van der Waals surface area (Å²) in [4.78, 5) is 6.73. The lowest BCUT2D eigenvalue weighted by Crippen LogP contribution is -2.29. The highest BCUT2D eigenvalue weighted by Crippen LogP contribution is 2.43. The summed E-state index contributed by atoms with van der Waals surface area (Å²) in [5, 5.41) is 4.12. The number of rotatable bonds is 6. The van der Waals surface area contributed by atoms with Crippen LogP contribution >= 0.6 is 28.1 Å². The van der Waals surface area contributed by atoms with E-state index in [0.717, 1.165) is 44.3 Å². The first-order valence-corrected chi connectivity index (χ1v) is 12.3. The molecule has 2 aromatic heterocycles. The van der Waals surface area contributed by atoms with Crippen molar-refractivity contribution in [2.45, 2.75) is 25.9 Å². The average Bonchev–Trinajstić information content (AvgIpc) is 3.47. The zero-order chi connectivity index (χ0) is 23.7. The number of pyridine rings is 1. The highest BCUT2D eigenvalue weighted by Gasteiger charge is 2.42. The third kappa shape index (κ3) is 4.33. The molecule has 34 heavy (non-hydrogen) atoms. The topological polar surface area (TPSA) is 50.5 Å². The molecule has 2 atom stereocenters. The lowest BCUT2D eigenvalue weighted by molar-refractivity contribution is 0.340. The average molecular weight is 534 g/mol. The van der Waals surface area contributed by atoms with E-state index in [-0.39, 0.29) is 12.1 Å². The van der Waals surface area contributed by atoms with E-state index in [2.05, 4.69) is 50.2 Å². The number of anilines is 1. The summed E-state index contributed by atoms with van der Waals surface area (Å²) < 4.78 is 13.1. The molecule has 0 unspecified atom stereocenters. The summed E-state index contributed by atoms with van der Waals surface area (Å²) in [5.41, 5.74) is 4.03. The maximum absolute atomic E-state index is 6.44. The number of aryl methyl sites for hydroxylation is 1. The highest BCUT2D eigenvalue weighted by molar-refractivity contribution is 9.10. The number of thiocarbonyl (C=S) groups is 1. The molecule has 1 fully saturated rings. The number of nitrogens with zero attached hydrogens (tertiary/aromatic N) is 2. The van der Waals surface area contributed by atoms with Gasteiger partial charge in [0.1, 0.15) is 23.3 Å². The molecule has 7 heteroatoms. The molecule has 4 aromatic rings. The van der Waals surface area contributed by atoms with Gasteiger partial charge in [-0.1, -0.05) is 22.0 Å². The largest absolute Gasteiger partial charge is 0.494 e. The number of halogens is 1. The van der Waals surface area contributed by atoms with Crippen molar-refractivity contribution in [3.63, 3.8) is 0 Å². The first kappa shape index (κ1) is 22.6. The Morgan fingerprint density at radius 1 is 1.09 bits per heavy atom. The predicted octanol–water partition coefficient (Wildman–Crippen LogP) is 6.99. The van der Waals surface area contributed by atoms with Gasteiger partial charge in [-0.3, -0.25) is 4.98 Å². The van der Waals surface area contributed by atoms with Gasteiger partial charge in [0.25, 0.3) is 0 Å².